The molecule has 1 aliphatic carbocycles. The minimum Gasteiger partial charge on any atom is -0.488 e. The molecule has 37 heavy (non-hydrogen) atoms. The minimum atomic E-state index is -3.62. The van der Waals surface area contributed by atoms with Gasteiger partial charge in [-0.3, -0.25) is 4.68 Å². The Bertz CT molecular complexity index is 1410. The second-order valence-corrected chi connectivity index (χ2v) is 12.9. The number of anilines is 4. The first-order valence-electron chi connectivity index (χ1n) is 12.4. The fourth-order valence-corrected chi connectivity index (χ4v) is 5.55. The van der Waals surface area contributed by atoms with Crippen molar-refractivity contribution >= 4 is 44.6 Å². The second-order valence-electron chi connectivity index (χ2n) is 10.1. The zero-order valence-corrected chi connectivity index (χ0v) is 23.0. The molecule has 1 aliphatic heterocycles. The predicted molar refractivity (Wildman–Crippen MR) is 144 cm³/mol. The third-order valence-electron chi connectivity index (χ3n) is 6.62. The Morgan fingerprint density at radius 3 is 2.59 bits per heavy atom. The van der Waals surface area contributed by atoms with Crippen LogP contribution in [0.3, 0.4) is 0 Å². The summed E-state index contributed by atoms with van der Waals surface area (Å²) in [5.41, 5.74) is 2.33. The molecule has 0 radical (unpaired) electrons. The number of ether oxygens (including phenoxy) is 1. The highest BCUT2D eigenvalue weighted by Crippen LogP contribution is 2.38. The molecule has 1 saturated carbocycles. The first-order valence-corrected chi connectivity index (χ1v) is 14.4. The summed E-state index contributed by atoms with van der Waals surface area (Å²) in [5.74, 6) is 1.83. The van der Waals surface area contributed by atoms with Crippen LogP contribution >= 0.6 is 11.6 Å². The lowest BCUT2D eigenvalue weighted by Gasteiger charge is -2.17. The third-order valence-corrected chi connectivity index (χ3v) is 8.97. The van der Waals surface area contributed by atoms with E-state index < -0.39 is 15.1 Å². The van der Waals surface area contributed by atoms with E-state index in [0.717, 1.165) is 43.8 Å². The molecule has 3 heterocycles. The lowest BCUT2D eigenvalue weighted by atomic mass is 9.98. The van der Waals surface area contributed by atoms with Gasteiger partial charge in [0.05, 0.1) is 28.9 Å². The van der Waals surface area contributed by atoms with Crippen LogP contribution in [0.1, 0.15) is 44.6 Å². The van der Waals surface area contributed by atoms with E-state index in [-0.39, 0.29) is 22.0 Å². The van der Waals surface area contributed by atoms with Crippen molar-refractivity contribution < 1.29 is 13.2 Å². The molecule has 0 amide bonds. The molecule has 10 nitrogen and oxygen atoms in total. The number of halogens is 1. The largest absolute Gasteiger partial charge is 0.488 e. The maximum Gasteiger partial charge on any atom is 0.229 e. The van der Waals surface area contributed by atoms with Crippen molar-refractivity contribution in [1.29, 1.82) is 0 Å². The summed E-state index contributed by atoms with van der Waals surface area (Å²) >= 11 is 6.38. The number of nitrogens with zero attached hydrogens (tertiary/aromatic N) is 5. The van der Waals surface area contributed by atoms with Crippen molar-refractivity contribution in [1.82, 2.24) is 24.6 Å². The number of sulfone groups is 1. The van der Waals surface area contributed by atoms with E-state index in [4.69, 9.17) is 16.3 Å². The van der Waals surface area contributed by atoms with Crippen LogP contribution in [0.25, 0.3) is 0 Å². The first kappa shape index (κ1) is 25.7. The second kappa shape index (κ2) is 10.1. The van der Waals surface area contributed by atoms with Crippen LogP contribution in [0, 0.1) is 0 Å². The molecule has 2 aliphatic rings. The number of likely N-dealkylation sites (tertiary alicyclic amines) is 1. The Hall–Kier alpha value is -2.89. The molecule has 1 aromatic carbocycles. The molecule has 2 fully saturated rings. The maximum atomic E-state index is 12.8. The van der Waals surface area contributed by atoms with Crippen molar-refractivity contribution in [2.45, 2.75) is 55.4 Å². The number of hydrogen-bond acceptors (Lipinski definition) is 9. The molecular formula is C25H32ClN7O3S. The van der Waals surface area contributed by atoms with Gasteiger partial charge in [0.1, 0.15) is 10.8 Å². The highest BCUT2D eigenvalue weighted by molar-refractivity contribution is 7.92. The van der Waals surface area contributed by atoms with Gasteiger partial charge < -0.3 is 20.3 Å². The molecule has 0 spiro atoms. The minimum absolute atomic E-state index is 0.0533. The molecule has 5 rings (SSSR count). The van der Waals surface area contributed by atoms with E-state index in [0.29, 0.717) is 17.6 Å². The lowest BCUT2D eigenvalue weighted by Crippen LogP contribution is -2.16. The molecule has 1 atom stereocenters. The summed E-state index contributed by atoms with van der Waals surface area (Å²) in [6.45, 7) is 5.36. The summed E-state index contributed by atoms with van der Waals surface area (Å²) in [7, 11) is 0.187. The number of benzene rings is 1. The Balaban J connectivity index is 1.41. The Kier molecular flexibility index (Phi) is 7.03. The number of hydrogen-bond donors (Lipinski definition) is 2. The van der Waals surface area contributed by atoms with Crippen molar-refractivity contribution in [3.05, 3.63) is 41.2 Å². The van der Waals surface area contributed by atoms with Gasteiger partial charge in [0.25, 0.3) is 0 Å². The molecule has 1 unspecified atom stereocenters. The van der Waals surface area contributed by atoms with E-state index >= 15 is 0 Å². The van der Waals surface area contributed by atoms with Gasteiger partial charge in [-0.25, -0.2) is 13.4 Å². The van der Waals surface area contributed by atoms with E-state index in [2.05, 4.69) is 49.8 Å². The van der Waals surface area contributed by atoms with Gasteiger partial charge in [-0.05, 0) is 70.3 Å². The standard InChI is InChI=1S/C25H32ClN7O3S/c1-15(2)37(34,35)24-21(14-33(4)31-24)28-23-19(26)12-27-25(30-23)29-20-8-5-16(17-9-10-32(3)13-17)11-22(20)36-18-6-7-18/h5,8,11-12,14-15,17-18H,6-7,9-10,13H2,1-4H3,(H2,27,28,29,30). The van der Waals surface area contributed by atoms with Crippen LogP contribution in [-0.2, 0) is 16.9 Å². The Labute approximate surface area is 222 Å². The normalized spacial score (nSPS) is 18.4. The van der Waals surface area contributed by atoms with Crippen molar-refractivity contribution in [3.8, 4) is 5.75 Å². The highest BCUT2D eigenvalue weighted by Gasteiger charge is 2.28. The van der Waals surface area contributed by atoms with Crippen molar-refractivity contribution in [2.75, 3.05) is 30.8 Å². The first-order chi connectivity index (χ1) is 17.6. The SMILES string of the molecule is CC(C)S(=O)(=O)c1nn(C)cc1Nc1nc(Nc2ccc(C3CCN(C)C3)cc2OC2CC2)ncc1Cl. The summed E-state index contributed by atoms with van der Waals surface area (Å²) in [4.78, 5) is 11.2. The van der Waals surface area contributed by atoms with Gasteiger partial charge in [0.2, 0.25) is 20.8 Å². The number of likely N-dealkylation sites (N-methyl/N-ethyl adjacent to an activating group) is 1. The van der Waals surface area contributed by atoms with Crippen LogP contribution in [0.5, 0.6) is 5.75 Å². The average Bonchev–Trinajstić information content (AvgIpc) is 3.43. The maximum absolute atomic E-state index is 12.8. The molecular weight excluding hydrogens is 514 g/mol. The molecule has 3 aromatic rings. The van der Waals surface area contributed by atoms with E-state index in [1.165, 1.54) is 16.4 Å². The molecule has 2 aromatic heterocycles. The quantitative estimate of drug-likeness (QED) is 0.401. The van der Waals surface area contributed by atoms with Gasteiger partial charge in [-0.1, -0.05) is 17.7 Å². The predicted octanol–water partition coefficient (Wildman–Crippen LogP) is 4.49. The number of aromatic nitrogens is 4. The van der Waals surface area contributed by atoms with E-state index in [9.17, 15) is 8.42 Å². The van der Waals surface area contributed by atoms with Crippen molar-refractivity contribution in [3.63, 3.8) is 0 Å². The van der Waals surface area contributed by atoms with Crippen LogP contribution in [0.15, 0.2) is 35.6 Å². The summed E-state index contributed by atoms with van der Waals surface area (Å²) in [5, 5.41) is 10.0. The highest BCUT2D eigenvalue weighted by atomic mass is 35.5. The van der Waals surface area contributed by atoms with Gasteiger partial charge in [-0.15, -0.1) is 0 Å². The number of rotatable bonds is 9. The Morgan fingerprint density at radius 1 is 1.14 bits per heavy atom. The molecule has 12 heteroatoms. The number of aryl methyl sites for hydroxylation is 1. The summed E-state index contributed by atoms with van der Waals surface area (Å²) in [6.07, 6.45) is 6.52. The van der Waals surface area contributed by atoms with Gasteiger partial charge >= 0.3 is 0 Å². The fourth-order valence-electron chi connectivity index (χ4n) is 4.32. The van der Waals surface area contributed by atoms with Crippen LogP contribution in [0.4, 0.5) is 23.1 Å². The smallest absolute Gasteiger partial charge is 0.229 e. The lowest BCUT2D eigenvalue weighted by molar-refractivity contribution is 0.304. The molecule has 2 N–H and O–H groups in total. The van der Waals surface area contributed by atoms with Gasteiger partial charge in [-0.2, -0.15) is 10.1 Å². The van der Waals surface area contributed by atoms with E-state index in [1.54, 1.807) is 27.1 Å². The molecule has 0 bridgehead atoms. The average molecular weight is 546 g/mol. The fraction of sp³-hybridized carbons (Fsp3) is 0.480. The molecule has 198 valence electrons. The summed E-state index contributed by atoms with van der Waals surface area (Å²) in [6, 6.07) is 6.25. The number of nitrogens with one attached hydrogen (secondary N) is 2. The van der Waals surface area contributed by atoms with Crippen LogP contribution in [-0.4, -0.2) is 64.6 Å². The van der Waals surface area contributed by atoms with Gasteiger partial charge in [0, 0.05) is 19.8 Å². The summed E-state index contributed by atoms with van der Waals surface area (Å²) < 4.78 is 33.3. The van der Waals surface area contributed by atoms with E-state index in [1.807, 2.05) is 6.07 Å². The van der Waals surface area contributed by atoms with Gasteiger partial charge in [0.15, 0.2) is 5.82 Å². The monoisotopic (exact) mass is 545 g/mol. The topological polar surface area (TPSA) is 114 Å². The van der Waals surface area contributed by atoms with Crippen LogP contribution < -0.4 is 15.4 Å². The zero-order chi connectivity index (χ0) is 26.3. The van der Waals surface area contributed by atoms with Crippen LogP contribution in [0.2, 0.25) is 5.02 Å². The van der Waals surface area contributed by atoms with Crippen molar-refractivity contribution in [2.24, 2.45) is 7.05 Å². The third kappa shape index (κ3) is 5.68. The Morgan fingerprint density at radius 2 is 1.92 bits per heavy atom. The zero-order valence-electron chi connectivity index (χ0n) is 21.4. The molecule has 1 saturated heterocycles.